The number of nitrogens with one attached hydrogen (secondary N) is 1. The van der Waals surface area contributed by atoms with Crippen LogP contribution in [-0.4, -0.2) is 11.5 Å². The third-order valence-corrected chi connectivity index (χ3v) is 3.46. The number of rotatable bonds is 2. The van der Waals surface area contributed by atoms with E-state index in [1.165, 1.54) is 5.56 Å². The van der Waals surface area contributed by atoms with E-state index in [2.05, 4.69) is 32.2 Å². The highest BCUT2D eigenvalue weighted by atomic mass is 16.5. The van der Waals surface area contributed by atoms with Crippen LogP contribution in [0, 0.1) is 12.8 Å². The zero-order valence-corrected chi connectivity index (χ0v) is 12.4. The van der Waals surface area contributed by atoms with E-state index in [1.54, 1.807) is 0 Å². The lowest BCUT2D eigenvalue weighted by molar-refractivity contribution is -0.125. The minimum atomic E-state index is -0.253. The summed E-state index contributed by atoms with van der Waals surface area (Å²) in [5, 5.41) is 3.14. The van der Waals surface area contributed by atoms with Gasteiger partial charge < -0.3 is 10.1 Å². The standard InChI is InChI=1S/C16H23NO2/c1-10(2)15(18)17-13-9-16(4,5)19-14-7-6-11(3)8-12(13)14/h6-8,10,13H,9H2,1-5H3,(H,17,18)/t13-/m1/s1. The summed E-state index contributed by atoms with van der Waals surface area (Å²) in [4.78, 5) is 12.0. The molecule has 0 bridgehead atoms. The van der Waals surface area contributed by atoms with E-state index < -0.39 is 0 Å². The van der Waals surface area contributed by atoms with Crippen molar-refractivity contribution in [2.24, 2.45) is 5.92 Å². The third kappa shape index (κ3) is 3.09. The van der Waals surface area contributed by atoms with E-state index in [9.17, 15) is 4.79 Å². The molecule has 1 aromatic rings. The second-order valence-corrected chi connectivity index (χ2v) is 6.32. The molecule has 0 spiro atoms. The lowest BCUT2D eigenvalue weighted by Crippen LogP contribution is -2.42. The molecule has 1 amide bonds. The molecule has 19 heavy (non-hydrogen) atoms. The quantitative estimate of drug-likeness (QED) is 0.886. The number of hydrogen-bond donors (Lipinski definition) is 1. The Morgan fingerprint density at radius 3 is 2.74 bits per heavy atom. The molecule has 0 unspecified atom stereocenters. The molecule has 1 aromatic carbocycles. The third-order valence-electron chi connectivity index (χ3n) is 3.46. The zero-order chi connectivity index (χ0) is 14.2. The summed E-state index contributed by atoms with van der Waals surface area (Å²) in [5.41, 5.74) is 2.02. The molecule has 1 N–H and O–H groups in total. The van der Waals surface area contributed by atoms with Gasteiger partial charge in [0.2, 0.25) is 5.91 Å². The summed E-state index contributed by atoms with van der Waals surface area (Å²) in [6.07, 6.45) is 0.794. The molecule has 0 aromatic heterocycles. The van der Waals surface area contributed by atoms with E-state index in [0.717, 1.165) is 17.7 Å². The highest BCUT2D eigenvalue weighted by Gasteiger charge is 2.34. The lowest BCUT2D eigenvalue weighted by atomic mass is 9.88. The van der Waals surface area contributed by atoms with Crippen molar-refractivity contribution in [2.75, 3.05) is 0 Å². The van der Waals surface area contributed by atoms with Gasteiger partial charge in [0.15, 0.2) is 0 Å². The van der Waals surface area contributed by atoms with Gasteiger partial charge in [-0.15, -0.1) is 0 Å². The Labute approximate surface area is 115 Å². The van der Waals surface area contributed by atoms with Gasteiger partial charge in [0, 0.05) is 17.9 Å². The molecule has 1 atom stereocenters. The number of benzene rings is 1. The zero-order valence-electron chi connectivity index (χ0n) is 12.4. The average molecular weight is 261 g/mol. The number of ether oxygens (including phenoxy) is 1. The molecule has 1 aliphatic heterocycles. The van der Waals surface area contributed by atoms with Crippen molar-refractivity contribution in [1.82, 2.24) is 5.32 Å². The molecule has 104 valence electrons. The number of fused-ring (bicyclic) bond motifs is 1. The average Bonchev–Trinajstić information content (AvgIpc) is 2.29. The summed E-state index contributed by atoms with van der Waals surface area (Å²) in [6.45, 7) is 10.0. The van der Waals surface area contributed by atoms with E-state index in [1.807, 2.05) is 26.0 Å². The first-order valence-electron chi connectivity index (χ1n) is 6.88. The van der Waals surface area contributed by atoms with Gasteiger partial charge in [-0.25, -0.2) is 0 Å². The second-order valence-electron chi connectivity index (χ2n) is 6.32. The van der Waals surface area contributed by atoms with Crippen molar-refractivity contribution in [1.29, 1.82) is 0 Å². The second kappa shape index (κ2) is 4.87. The summed E-state index contributed by atoms with van der Waals surface area (Å²) >= 11 is 0. The van der Waals surface area contributed by atoms with Crippen molar-refractivity contribution < 1.29 is 9.53 Å². The fraction of sp³-hybridized carbons (Fsp3) is 0.562. The Morgan fingerprint density at radius 2 is 2.11 bits per heavy atom. The molecule has 0 radical (unpaired) electrons. The number of aryl methyl sites for hydroxylation is 1. The van der Waals surface area contributed by atoms with Gasteiger partial charge >= 0.3 is 0 Å². The number of hydrogen-bond acceptors (Lipinski definition) is 2. The van der Waals surface area contributed by atoms with Crippen LogP contribution in [0.15, 0.2) is 18.2 Å². The van der Waals surface area contributed by atoms with Gasteiger partial charge in [-0.1, -0.05) is 31.5 Å². The summed E-state index contributed by atoms with van der Waals surface area (Å²) in [7, 11) is 0. The largest absolute Gasteiger partial charge is 0.487 e. The molecular weight excluding hydrogens is 238 g/mol. The molecule has 3 nitrogen and oxygen atoms in total. The fourth-order valence-corrected chi connectivity index (χ4v) is 2.44. The minimum absolute atomic E-state index is 0.000726. The van der Waals surface area contributed by atoms with Crippen molar-refractivity contribution in [2.45, 2.75) is 52.7 Å². The maximum absolute atomic E-state index is 12.0. The molecule has 2 rings (SSSR count). The molecule has 0 saturated carbocycles. The van der Waals surface area contributed by atoms with Crippen molar-refractivity contribution in [3.05, 3.63) is 29.3 Å². The molecule has 0 saturated heterocycles. The van der Waals surface area contributed by atoms with Gasteiger partial charge in [0.25, 0.3) is 0 Å². The van der Waals surface area contributed by atoms with Crippen LogP contribution in [0.4, 0.5) is 0 Å². The van der Waals surface area contributed by atoms with Crippen LogP contribution in [0.3, 0.4) is 0 Å². The van der Waals surface area contributed by atoms with Gasteiger partial charge in [-0.3, -0.25) is 4.79 Å². The van der Waals surface area contributed by atoms with E-state index >= 15 is 0 Å². The van der Waals surface area contributed by atoms with Crippen molar-refractivity contribution in [3.63, 3.8) is 0 Å². The lowest BCUT2D eigenvalue weighted by Gasteiger charge is -2.38. The van der Waals surface area contributed by atoms with Crippen molar-refractivity contribution >= 4 is 5.91 Å². The fourth-order valence-electron chi connectivity index (χ4n) is 2.44. The Balaban J connectivity index is 2.33. The molecule has 0 aliphatic carbocycles. The number of amides is 1. The van der Waals surface area contributed by atoms with Gasteiger partial charge in [-0.05, 0) is 26.8 Å². The normalized spacial score (nSPS) is 20.6. The van der Waals surface area contributed by atoms with Gasteiger partial charge in [-0.2, -0.15) is 0 Å². The molecular formula is C16H23NO2. The Kier molecular flexibility index (Phi) is 3.57. The molecule has 1 heterocycles. The van der Waals surface area contributed by atoms with Gasteiger partial charge in [0.1, 0.15) is 11.4 Å². The van der Waals surface area contributed by atoms with Crippen LogP contribution in [0.25, 0.3) is 0 Å². The van der Waals surface area contributed by atoms with E-state index in [4.69, 9.17) is 4.74 Å². The van der Waals surface area contributed by atoms with E-state index in [0.29, 0.717) is 0 Å². The van der Waals surface area contributed by atoms with Crippen LogP contribution < -0.4 is 10.1 Å². The smallest absolute Gasteiger partial charge is 0.223 e. The minimum Gasteiger partial charge on any atom is -0.487 e. The predicted octanol–water partition coefficient (Wildman–Crippen LogP) is 3.37. The van der Waals surface area contributed by atoms with E-state index in [-0.39, 0.29) is 23.5 Å². The Morgan fingerprint density at radius 1 is 1.42 bits per heavy atom. The Bertz CT molecular complexity index is 492. The van der Waals surface area contributed by atoms with Crippen LogP contribution in [0.2, 0.25) is 0 Å². The molecule has 3 heteroatoms. The molecule has 1 aliphatic rings. The summed E-state index contributed by atoms with van der Waals surface area (Å²) < 4.78 is 6.00. The predicted molar refractivity (Wildman–Crippen MR) is 76.2 cm³/mol. The number of carbonyl (C=O) groups is 1. The first-order valence-corrected chi connectivity index (χ1v) is 6.88. The summed E-state index contributed by atoms with van der Waals surface area (Å²) in [6, 6.07) is 6.19. The van der Waals surface area contributed by atoms with Crippen LogP contribution in [0.5, 0.6) is 5.75 Å². The highest BCUT2D eigenvalue weighted by Crippen LogP contribution is 2.39. The first kappa shape index (κ1) is 13.9. The van der Waals surface area contributed by atoms with Gasteiger partial charge in [0.05, 0.1) is 6.04 Å². The number of carbonyl (C=O) groups excluding carboxylic acids is 1. The maximum Gasteiger partial charge on any atom is 0.223 e. The first-order chi connectivity index (χ1) is 8.78. The van der Waals surface area contributed by atoms with Crippen LogP contribution in [-0.2, 0) is 4.79 Å². The summed E-state index contributed by atoms with van der Waals surface area (Å²) in [5.74, 6) is 0.977. The highest BCUT2D eigenvalue weighted by molar-refractivity contribution is 5.78. The van der Waals surface area contributed by atoms with Crippen LogP contribution >= 0.6 is 0 Å². The molecule has 0 fully saturated rings. The Hall–Kier alpha value is -1.51. The van der Waals surface area contributed by atoms with Crippen molar-refractivity contribution in [3.8, 4) is 5.75 Å². The maximum atomic E-state index is 12.0. The SMILES string of the molecule is Cc1ccc2c(c1)[C@H](NC(=O)C(C)C)CC(C)(C)O2. The van der Waals surface area contributed by atoms with Crippen LogP contribution in [0.1, 0.15) is 51.3 Å². The monoisotopic (exact) mass is 261 g/mol. The topological polar surface area (TPSA) is 38.3 Å².